The molecule has 1 aromatic carbocycles. The second-order valence-electron chi connectivity index (χ2n) is 3.75. The van der Waals surface area contributed by atoms with E-state index in [4.69, 9.17) is 16.7 Å². The number of carbonyl (C=O) groups is 2. The minimum absolute atomic E-state index is 0.0703. The number of carbonyl (C=O) groups excluding carboxylic acids is 1. The Hall–Kier alpha value is -1.60. The molecular formula is C11H12ClNO5S. The van der Waals surface area contributed by atoms with E-state index in [-0.39, 0.29) is 15.5 Å². The molecule has 1 amide bonds. The number of aromatic carboxylic acids is 1. The average molecular weight is 306 g/mol. The highest BCUT2D eigenvalue weighted by atomic mass is 35.5. The SMILES string of the molecule is CNC(=O)C(C)S(=O)(=O)c1ccc(Cl)c(C(=O)O)c1. The van der Waals surface area contributed by atoms with Gasteiger partial charge >= 0.3 is 5.97 Å². The van der Waals surface area contributed by atoms with Gasteiger partial charge in [0.1, 0.15) is 5.25 Å². The van der Waals surface area contributed by atoms with Crippen LogP contribution in [-0.2, 0) is 14.6 Å². The minimum Gasteiger partial charge on any atom is -0.478 e. The molecule has 0 aliphatic heterocycles. The fraction of sp³-hybridized carbons (Fsp3) is 0.273. The Morgan fingerprint density at radius 2 is 1.95 bits per heavy atom. The molecule has 0 saturated carbocycles. The Morgan fingerprint density at radius 3 is 2.42 bits per heavy atom. The monoisotopic (exact) mass is 305 g/mol. The van der Waals surface area contributed by atoms with Crippen LogP contribution in [0, 0.1) is 0 Å². The van der Waals surface area contributed by atoms with E-state index in [0.717, 1.165) is 6.07 Å². The van der Waals surface area contributed by atoms with Crippen LogP contribution in [0.4, 0.5) is 0 Å². The van der Waals surface area contributed by atoms with Crippen LogP contribution < -0.4 is 5.32 Å². The number of halogens is 1. The van der Waals surface area contributed by atoms with Gasteiger partial charge < -0.3 is 10.4 Å². The maximum Gasteiger partial charge on any atom is 0.337 e. The van der Waals surface area contributed by atoms with Gasteiger partial charge in [-0.2, -0.15) is 0 Å². The zero-order valence-corrected chi connectivity index (χ0v) is 11.7. The summed E-state index contributed by atoms with van der Waals surface area (Å²) in [5.41, 5.74) is -0.327. The van der Waals surface area contributed by atoms with Crippen LogP contribution >= 0.6 is 11.6 Å². The molecule has 0 fully saturated rings. The summed E-state index contributed by atoms with van der Waals surface area (Å²) in [6.07, 6.45) is 0. The Bertz CT molecular complexity index is 626. The maximum atomic E-state index is 12.1. The van der Waals surface area contributed by atoms with Gasteiger partial charge in [-0.25, -0.2) is 13.2 Å². The van der Waals surface area contributed by atoms with Crippen molar-refractivity contribution < 1.29 is 23.1 Å². The van der Waals surface area contributed by atoms with Crippen molar-refractivity contribution >= 4 is 33.3 Å². The Morgan fingerprint density at radius 1 is 1.37 bits per heavy atom. The van der Waals surface area contributed by atoms with Crippen LogP contribution in [0.2, 0.25) is 5.02 Å². The van der Waals surface area contributed by atoms with Crippen LogP contribution in [0.3, 0.4) is 0 Å². The number of benzene rings is 1. The molecule has 19 heavy (non-hydrogen) atoms. The van der Waals surface area contributed by atoms with Crippen LogP contribution in [0.1, 0.15) is 17.3 Å². The van der Waals surface area contributed by atoms with E-state index in [9.17, 15) is 18.0 Å². The van der Waals surface area contributed by atoms with Gasteiger partial charge in [0.15, 0.2) is 9.84 Å². The highest BCUT2D eigenvalue weighted by Crippen LogP contribution is 2.23. The lowest BCUT2D eigenvalue weighted by atomic mass is 10.2. The molecule has 1 rings (SSSR count). The molecule has 0 bridgehead atoms. The summed E-state index contributed by atoms with van der Waals surface area (Å²) in [4.78, 5) is 22.0. The first-order chi connectivity index (χ1) is 8.71. The molecule has 1 aromatic rings. The Labute approximate surface area is 115 Å². The summed E-state index contributed by atoms with van der Waals surface area (Å²) in [6.45, 7) is 1.23. The number of hydrogen-bond acceptors (Lipinski definition) is 4. The lowest BCUT2D eigenvalue weighted by Gasteiger charge is -2.12. The molecular weight excluding hydrogens is 294 g/mol. The molecule has 0 radical (unpaired) electrons. The highest BCUT2D eigenvalue weighted by Gasteiger charge is 2.30. The quantitative estimate of drug-likeness (QED) is 0.862. The summed E-state index contributed by atoms with van der Waals surface area (Å²) in [7, 11) is -2.64. The van der Waals surface area contributed by atoms with Gasteiger partial charge in [0, 0.05) is 7.05 Å². The Balaban J connectivity index is 3.34. The standard InChI is InChI=1S/C11H12ClNO5S/c1-6(10(14)13-2)19(17,18)7-3-4-9(12)8(5-7)11(15)16/h3-6H,1-2H3,(H,13,14)(H,15,16). The first kappa shape index (κ1) is 15.5. The third kappa shape index (κ3) is 3.05. The molecule has 104 valence electrons. The van der Waals surface area contributed by atoms with Crippen LogP contribution in [0.25, 0.3) is 0 Å². The number of sulfone groups is 1. The van der Waals surface area contributed by atoms with Gasteiger partial charge in [-0.3, -0.25) is 4.79 Å². The molecule has 0 heterocycles. The van der Waals surface area contributed by atoms with E-state index in [1.807, 2.05) is 0 Å². The zero-order chi connectivity index (χ0) is 14.8. The number of hydrogen-bond donors (Lipinski definition) is 2. The van der Waals surface area contributed by atoms with Crippen molar-refractivity contribution in [2.75, 3.05) is 7.05 Å². The molecule has 0 aliphatic rings. The molecule has 6 nitrogen and oxygen atoms in total. The second kappa shape index (κ2) is 5.58. The molecule has 0 saturated heterocycles. The van der Waals surface area contributed by atoms with Gasteiger partial charge in [0.25, 0.3) is 0 Å². The molecule has 0 aromatic heterocycles. The third-order valence-electron chi connectivity index (χ3n) is 2.58. The van der Waals surface area contributed by atoms with E-state index >= 15 is 0 Å². The smallest absolute Gasteiger partial charge is 0.337 e. The summed E-state index contributed by atoms with van der Waals surface area (Å²) < 4.78 is 24.2. The topological polar surface area (TPSA) is 101 Å². The fourth-order valence-corrected chi connectivity index (χ4v) is 2.94. The van der Waals surface area contributed by atoms with Gasteiger partial charge in [-0.1, -0.05) is 11.6 Å². The Kier molecular flexibility index (Phi) is 4.54. The van der Waals surface area contributed by atoms with Crippen LogP contribution in [-0.4, -0.2) is 37.7 Å². The highest BCUT2D eigenvalue weighted by molar-refractivity contribution is 7.92. The zero-order valence-electron chi connectivity index (χ0n) is 10.2. The second-order valence-corrected chi connectivity index (χ2v) is 6.42. The summed E-state index contributed by atoms with van der Waals surface area (Å²) in [6, 6.07) is 3.29. The van der Waals surface area contributed by atoms with Crippen molar-refractivity contribution in [3.05, 3.63) is 28.8 Å². The van der Waals surface area contributed by atoms with Gasteiger partial charge in [0.2, 0.25) is 5.91 Å². The first-order valence-corrected chi connectivity index (χ1v) is 7.12. The van der Waals surface area contributed by atoms with Crippen molar-refractivity contribution in [2.24, 2.45) is 0 Å². The van der Waals surface area contributed by atoms with Crippen molar-refractivity contribution in [1.29, 1.82) is 0 Å². The number of amides is 1. The van der Waals surface area contributed by atoms with Crippen LogP contribution in [0.15, 0.2) is 23.1 Å². The maximum absolute atomic E-state index is 12.1. The summed E-state index contributed by atoms with van der Waals surface area (Å²) in [5.74, 6) is -2.01. The van der Waals surface area contributed by atoms with Gasteiger partial charge in [0.05, 0.1) is 15.5 Å². The molecule has 1 atom stereocenters. The van der Waals surface area contributed by atoms with E-state index in [1.54, 1.807) is 0 Å². The number of rotatable bonds is 4. The lowest BCUT2D eigenvalue weighted by Crippen LogP contribution is -2.35. The number of carboxylic acid groups (broad SMARTS) is 1. The van der Waals surface area contributed by atoms with Gasteiger partial charge in [-0.15, -0.1) is 0 Å². The van der Waals surface area contributed by atoms with E-state index in [0.29, 0.717) is 0 Å². The molecule has 2 N–H and O–H groups in total. The van der Waals surface area contributed by atoms with E-state index < -0.39 is 27.0 Å². The van der Waals surface area contributed by atoms with Crippen molar-refractivity contribution in [3.63, 3.8) is 0 Å². The van der Waals surface area contributed by atoms with Crippen molar-refractivity contribution in [2.45, 2.75) is 17.1 Å². The van der Waals surface area contributed by atoms with Crippen molar-refractivity contribution in [1.82, 2.24) is 5.32 Å². The first-order valence-electron chi connectivity index (χ1n) is 5.20. The van der Waals surface area contributed by atoms with E-state index in [2.05, 4.69) is 5.32 Å². The predicted molar refractivity (Wildman–Crippen MR) is 69.1 cm³/mol. The predicted octanol–water partition coefficient (Wildman–Crippen LogP) is 0.946. The molecule has 8 heteroatoms. The van der Waals surface area contributed by atoms with Gasteiger partial charge in [-0.05, 0) is 25.1 Å². The minimum atomic E-state index is -3.96. The largest absolute Gasteiger partial charge is 0.478 e. The number of carboxylic acids is 1. The lowest BCUT2D eigenvalue weighted by molar-refractivity contribution is -0.119. The molecule has 1 unspecified atom stereocenters. The third-order valence-corrected chi connectivity index (χ3v) is 4.96. The normalized spacial score (nSPS) is 12.8. The summed E-state index contributed by atoms with van der Waals surface area (Å²) in [5, 5.41) is 9.73. The summed E-state index contributed by atoms with van der Waals surface area (Å²) >= 11 is 5.66. The number of nitrogens with one attached hydrogen (secondary N) is 1. The van der Waals surface area contributed by atoms with Crippen molar-refractivity contribution in [3.8, 4) is 0 Å². The average Bonchev–Trinajstić information content (AvgIpc) is 2.36. The molecule has 0 spiro atoms. The van der Waals surface area contributed by atoms with E-state index in [1.165, 1.54) is 26.1 Å². The van der Waals surface area contributed by atoms with Crippen LogP contribution in [0.5, 0.6) is 0 Å². The molecule has 0 aliphatic carbocycles. The fourth-order valence-electron chi connectivity index (χ4n) is 1.39.